The number of nitrogens with two attached hydrogens (primary N) is 1. The van der Waals surface area contributed by atoms with Crippen molar-refractivity contribution in [2.75, 3.05) is 18.9 Å². The Morgan fingerprint density at radius 1 is 1.00 bits per heavy atom. The molecule has 0 fully saturated rings. The van der Waals surface area contributed by atoms with Crippen LogP contribution in [0.1, 0.15) is 18.6 Å². The van der Waals surface area contributed by atoms with Gasteiger partial charge in [0.25, 0.3) is 0 Å². The van der Waals surface area contributed by atoms with Crippen molar-refractivity contribution in [2.45, 2.75) is 19.1 Å². The summed E-state index contributed by atoms with van der Waals surface area (Å²) in [7, 11) is 0. The molecule has 0 aromatic heterocycles. The predicted molar refractivity (Wildman–Crippen MR) is 83.2 cm³/mol. The molecule has 0 saturated carbocycles. The summed E-state index contributed by atoms with van der Waals surface area (Å²) < 4.78 is 11.1. The Morgan fingerprint density at radius 3 is 2.33 bits per heavy atom. The van der Waals surface area contributed by atoms with Crippen LogP contribution in [-0.2, 0) is 4.74 Å². The maximum absolute atomic E-state index is 9.89. The number of hydrogen-bond acceptors (Lipinski definition) is 4. The molecule has 2 atom stereocenters. The van der Waals surface area contributed by atoms with Crippen molar-refractivity contribution in [3.05, 3.63) is 60.2 Å². The lowest BCUT2D eigenvalue weighted by Gasteiger charge is -2.17. The van der Waals surface area contributed by atoms with Gasteiger partial charge in [0.05, 0.1) is 12.7 Å². The fourth-order valence-electron chi connectivity index (χ4n) is 1.88. The molecule has 0 heterocycles. The molecule has 2 rings (SSSR count). The number of nitrogen functional groups attached to an aromatic ring is 1. The van der Waals surface area contributed by atoms with E-state index in [2.05, 4.69) is 0 Å². The van der Waals surface area contributed by atoms with Gasteiger partial charge < -0.3 is 20.3 Å². The molecule has 3 N–H and O–H groups in total. The van der Waals surface area contributed by atoms with Gasteiger partial charge >= 0.3 is 0 Å². The molecule has 0 saturated heterocycles. The zero-order valence-electron chi connectivity index (χ0n) is 12.1. The highest BCUT2D eigenvalue weighted by Gasteiger charge is 2.10. The van der Waals surface area contributed by atoms with E-state index < -0.39 is 6.10 Å². The van der Waals surface area contributed by atoms with Crippen molar-refractivity contribution in [3.63, 3.8) is 0 Å². The van der Waals surface area contributed by atoms with E-state index >= 15 is 0 Å². The molecule has 2 aromatic rings. The minimum Gasteiger partial charge on any atom is -0.491 e. The largest absolute Gasteiger partial charge is 0.491 e. The van der Waals surface area contributed by atoms with Crippen LogP contribution in [0, 0.1) is 0 Å². The van der Waals surface area contributed by atoms with E-state index in [9.17, 15) is 5.11 Å². The number of ether oxygens (including phenoxy) is 2. The standard InChI is InChI=1S/C17H21NO3/c1-13(14-5-3-2-4-6-14)20-11-16(19)12-21-17-9-7-15(18)8-10-17/h2-10,13,16,19H,11-12,18H2,1H3. The first kappa shape index (κ1) is 15.4. The molecule has 0 aliphatic heterocycles. The van der Waals surface area contributed by atoms with Gasteiger partial charge in [0.2, 0.25) is 0 Å². The summed E-state index contributed by atoms with van der Waals surface area (Å²) in [6, 6.07) is 17.0. The van der Waals surface area contributed by atoms with Gasteiger partial charge in [-0.05, 0) is 36.8 Å². The Morgan fingerprint density at radius 2 is 1.67 bits per heavy atom. The van der Waals surface area contributed by atoms with E-state index in [1.165, 1.54) is 0 Å². The number of aliphatic hydroxyl groups excluding tert-OH is 1. The molecular weight excluding hydrogens is 266 g/mol. The minimum absolute atomic E-state index is 0.0580. The first-order valence-electron chi connectivity index (χ1n) is 6.98. The number of aliphatic hydroxyl groups is 1. The molecule has 0 aliphatic rings. The number of hydrogen-bond donors (Lipinski definition) is 2. The molecule has 0 amide bonds. The molecule has 112 valence electrons. The maximum atomic E-state index is 9.89. The van der Waals surface area contributed by atoms with Crippen LogP contribution in [0.2, 0.25) is 0 Å². The monoisotopic (exact) mass is 287 g/mol. The summed E-state index contributed by atoms with van der Waals surface area (Å²) in [5, 5.41) is 9.89. The third-order valence-electron chi connectivity index (χ3n) is 3.13. The normalized spacial score (nSPS) is 13.6. The third-order valence-corrected chi connectivity index (χ3v) is 3.13. The Kier molecular flexibility index (Phi) is 5.60. The lowest BCUT2D eigenvalue weighted by atomic mass is 10.1. The van der Waals surface area contributed by atoms with Gasteiger partial charge in [-0.1, -0.05) is 30.3 Å². The first-order chi connectivity index (χ1) is 10.1. The predicted octanol–water partition coefficient (Wildman–Crippen LogP) is 2.79. The average Bonchev–Trinajstić information content (AvgIpc) is 2.53. The highest BCUT2D eigenvalue weighted by atomic mass is 16.5. The second-order valence-electron chi connectivity index (χ2n) is 4.92. The van der Waals surface area contributed by atoms with Crippen LogP contribution in [0.3, 0.4) is 0 Å². The van der Waals surface area contributed by atoms with E-state index in [1.807, 2.05) is 37.3 Å². The fourth-order valence-corrected chi connectivity index (χ4v) is 1.88. The van der Waals surface area contributed by atoms with Crippen molar-refractivity contribution in [1.29, 1.82) is 0 Å². The van der Waals surface area contributed by atoms with Crippen LogP contribution in [0.5, 0.6) is 5.75 Å². The Hall–Kier alpha value is -2.04. The van der Waals surface area contributed by atoms with Crippen molar-refractivity contribution in [2.24, 2.45) is 0 Å². The molecule has 0 aliphatic carbocycles. The molecular formula is C17H21NO3. The lowest BCUT2D eigenvalue weighted by molar-refractivity contribution is -0.0193. The fraction of sp³-hybridized carbons (Fsp3) is 0.294. The number of benzene rings is 2. The van der Waals surface area contributed by atoms with Crippen LogP contribution >= 0.6 is 0 Å². The van der Waals surface area contributed by atoms with Crippen LogP contribution in [0.25, 0.3) is 0 Å². The highest BCUT2D eigenvalue weighted by molar-refractivity contribution is 5.41. The highest BCUT2D eigenvalue weighted by Crippen LogP contribution is 2.17. The number of rotatable bonds is 7. The molecule has 0 spiro atoms. The van der Waals surface area contributed by atoms with Crippen LogP contribution < -0.4 is 10.5 Å². The summed E-state index contributed by atoms with van der Waals surface area (Å²) in [6.07, 6.45) is -0.730. The lowest BCUT2D eigenvalue weighted by Crippen LogP contribution is -2.24. The second-order valence-corrected chi connectivity index (χ2v) is 4.92. The smallest absolute Gasteiger partial charge is 0.119 e. The summed E-state index contributed by atoms with van der Waals surface area (Å²) in [5.74, 6) is 0.680. The zero-order chi connectivity index (χ0) is 15.1. The molecule has 2 aromatic carbocycles. The molecule has 4 nitrogen and oxygen atoms in total. The van der Waals surface area contributed by atoms with E-state index in [0.717, 1.165) is 5.56 Å². The summed E-state index contributed by atoms with van der Waals surface area (Å²) in [4.78, 5) is 0. The molecule has 2 unspecified atom stereocenters. The van der Waals surface area contributed by atoms with Crippen molar-refractivity contribution >= 4 is 5.69 Å². The van der Waals surface area contributed by atoms with Crippen LogP contribution in [0.15, 0.2) is 54.6 Å². The number of anilines is 1. The van der Waals surface area contributed by atoms with Gasteiger partial charge in [0, 0.05) is 5.69 Å². The molecule has 4 heteroatoms. The molecule has 0 radical (unpaired) electrons. The second kappa shape index (κ2) is 7.67. The maximum Gasteiger partial charge on any atom is 0.119 e. The Labute approximate surface area is 125 Å². The van der Waals surface area contributed by atoms with Crippen LogP contribution in [0.4, 0.5) is 5.69 Å². The van der Waals surface area contributed by atoms with E-state index in [1.54, 1.807) is 24.3 Å². The van der Waals surface area contributed by atoms with Gasteiger partial charge in [-0.15, -0.1) is 0 Å². The quantitative estimate of drug-likeness (QED) is 0.769. The summed E-state index contributed by atoms with van der Waals surface area (Å²) >= 11 is 0. The van der Waals surface area contributed by atoms with Crippen molar-refractivity contribution in [3.8, 4) is 5.75 Å². The van der Waals surface area contributed by atoms with Crippen molar-refractivity contribution < 1.29 is 14.6 Å². The third kappa shape index (κ3) is 5.10. The van der Waals surface area contributed by atoms with Gasteiger partial charge in [-0.3, -0.25) is 0 Å². The van der Waals surface area contributed by atoms with Gasteiger partial charge in [0.1, 0.15) is 18.5 Å². The first-order valence-corrected chi connectivity index (χ1v) is 6.98. The topological polar surface area (TPSA) is 64.7 Å². The molecule has 21 heavy (non-hydrogen) atoms. The van der Waals surface area contributed by atoms with Crippen molar-refractivity contribution in [1.82, 2.24) is 0 Å². The SMILES string of the molecule is CC(OCC(O)COc1ccc(N)cc1)c1ccccc1. The van der Waals surface area contributed by atoms with Gasteiger partial charge in [-0.25, -0.2) is 0 Å². The van der Waals surface area contributed by atoms with E-state index in [0.29, 0.717) is 11.4 Å². The minimum atomic E-state index is -0.672. The van der Waals surface area contributed by atoms with E-state index in [4.69, 9.17) is 15.2 Å². The van der Waals surface area contributed by atoms with E-state index in [-0.39, 0.29) is 19.3 Å². The summed E-state index contributed by atoms with van der Waals surface area (Å²) in [5.41, 5.74) is 7.36. The molecule has 0 bridgehead atoms. The van der Waals surface area contributed by atoms with Gasteiger partial charge in [-0.2, -0.15) is 0 Å². The van der Waals surface area contributed by atoms with Crippen LogP contribution in [-0.4, -0.2) is 24.4 Å². The summed E-state index contributed by atoms with van der Waals surface area (Å²) in [6.45, 7) is 2.37. The van der Waals surface area contributed by atoms with Gasteiger partial charge in [0.15, 0.2) is 0 Å². The Bertz CT molecular complexity index is 527. The zero-order valence-corrected chi connectivity index (χ0v) is 12.1. The Balaban J connectivity index is 1.72. The average molecular weight is 287 g/mol.